The SMILES string of the molecule is CCCCCCCC/C=C/CCCCCCCCCC(=O)O[C@@H](CO)COC(=O)CCCCCCCCCCCCC. The lowest BCUT2D eigenvalue weighted by Crippen LogP contribution is -2.28. The molecule has 0 rings (SSSR count). The van der Waals surface area contributed by atoms with E-state index >= 15 is 0 Å². The second-order valence-electron chi connectivity index (χ2n) is 12.3. The number of hydrogen-bond donors (Lipinski definition) is 1. The Hall–Kier alpha value is -1.36. The Bertz CT molecular complexity index is 603. The minimum atomic E-state index is -0.765. The molecular weight excluding hydrogens is 524 g/mol. The van der Waals surface area contributed by atoms with E-state index in [9.17, 15) is 14.7 Å². The molecule has 0 aliphatic heterocycles. The summed E-state index contributed by atoms with van der Waals surface area (Å²) in [7, 11) is 0. The summed E-state index contributed by atoms with van der Waals surface area (Å²) in [5.41, 5.74) is 0. The zero-order valence-electron chi connectivity index (χ0n) is 28.0. The molecule has 0 fully saturated rings. The van der Waals surface area contributed by atoms with Gasteiger partial charge in [-0.15, -0.1) is 0 Å². The van der Waals surface area contributed by atoms with Crippen LogP contribution >= 0.6 is 0 Å². The fourth-order valence-electron chi connectivity index (χ4n) is 5.25. The van der Waals surface area contributed by atoms with Gasteiger partial charge in [-0.05, 0) is 38.5 Å². The molecule has 0 aliphatic carbocycles. The first kappa shape index (κ1) is 40.6. The van der Waals surface area contributed by atoms with E-state index in [0.29, 0.717) is 12.8 Å². The molecule has 0 radical (unpaired) electrons. The molecule has 5 heteroatoms. The minimum Gasteiger partial charge on any atom is -0.462 e. The molecule has 1 N–H and O–H groups in total. The Kier molecular flexibility index (Phi) is 33.0. The maximum atomic E-state index is 12.1. The van der Waals surface area contributed by atoms with Gasteiger partial charge in [0.1, 0.15) is 6.61 Å². The van der Waals surface area contributed by atoms with E-state index in [2.05, 4.69) is 26.0 Å². The van der Waals surface area contributed by atoms with Crippen molar-refractivity contribution in [2.24, 2.45) is 0 Å². The average Bonchev–Trinajstić information content (AvgIpc) is 2.99. The molecule has 0 aromatic rings. The van der Waals surface area contributed by atoms with Gasteiger partial charge in [-0.2, -0.15) is 0 Å². The summed E-state index contributed by atoms with van der Waals surface area (Å²) >= 11 is 0. The van der Waals surface area contributed by atoms with Crippen molar-refractivity contribution in [3.63, 3.8) is 0 Å². The zero-order chi connectivity index (χ0) is 30.8. The molecule has 5 nitrogen and oxygen atoms in total. The number of carbonyl (C=O) groups excluding carboxylic acids is 2. The molecule has 1 atom stereocenters. The predicted molar refractivity (Wildman–Crippen MR) is 178 cm³/mol. The predicted octanol–water partition coefficient (Wildman–Crippen LogP) is 11.0. The molecule has 0 amide bonds. The lowest BCUT2D eigenvalue weighted by Gasteiger charge is -2.15. The van der Waals surface area contributed by atoms with Crippen molar-refractivity contribution in [1.29, 1.82) is 0 Å². The number of hydrogen-bond acceptors (Lipinski definition) is 5. The van der Waals surface area contributed by atoms with Gasteiger partial charge in [0.05, 0.1) is 6.61 Å². The fraction of sp³-hybridized carbons (Fsp3) is 0.892. The van der Waals surface area contributed by atoms with Crippen LogP contribution in [0.4, 0.5) is 0 Å². The third-order valence-electron chi connectivity index (χ3n) is 8.06. The van der Waals surface area contributed by atoms with Crippen molar-refractivity contribution in [2.45, 2.75) is 200 Å². The van der Waals surface area contributed by atoms with E-state index in [0.717, 1.165) is 38.5 Å². The van der Waals surface area contributed by atoms with Crippen molar-refractivity contribution in [2.75, 3.05) is 13.2 Å². The van der Waals surface area contributed by atoms with Gasteiger partial charge in [0.15, 0.2) is 6.10 Å². The fourth-order valence-corrected chi connectivity index (χ4v) is 5.25. The molecule has 0 unspecified atom stereocenters. The van der Waals surface area contributed by atoms with Gasteiger partial charge in [0, 0.05) is 12.8 Å². The van der Waals surface area contributed by atoms with Crippen LogP contribution in [0.25, 0.3) is 0 Å². The molecular formula is C37H70O5. The molecule has 0 saturated carbocycles. The van der Waals surface area contributed by atoms with Gasteiger partial charge in [-0.25, -0.2) is 0 Å². The quantitative estimate of drug-likeness (QED) is 0.0465. The Morgan fingerprint density at radius 3 is 1.29 bits per heavy atom. The third kappa shape index (κ3) is 31.6. The number of aliphatic hydroxyl groups excluding tert-OH is 1. The van der Waals surface area contributed by atoms with Crippen molar-refractivity contribution in [3.8, 4) is 0 Å². The second-order valence-corrected chi connectivity index (χ2v) is 12.3. The van der Waals surface area contributed by atoms with Crippen LogP contribution in [-0.2, 0) is 19.1 Å². The second kappa shape index (κ2) is 34.1. The van der Waals surface area contributed by atoms with Gasteiger partial charge in [0.2, 0.25) is 0 Å². The highest BCUT2D eigenvalue weighted by atomic mass is 16.6. The molecule has 0 aromatic heterocycles. The lowest BCUT2D eigenvalue weighted by molar-refractivity contribution is -0.161. The summed E-state index contributed by atoms with van der Waals surface area (Å²) in [4.78, 5) is 24.1. The number of unbranched alkanes of at least 4 members (excludes halogenated alkanes) is 23. The highest BCUT2D eigenvalue weighted by molar-refractivity contribution is 5.70. The van der Waals surface area contributed by atoms with E-state index in [1.807, 2.05) is 0 Å². The van der Waals surface area contributed by atoms with Gasteiger partial charge in [-0.1, -0.05) is 154 Å². The normalized spacial score (nSPS) is 12.2. The average molecular weight is 595 g/mol. The summed E-state index contributed by atoms with van der Waals surface area (Å²) in [6, 6.07) is 0. The first-order valence-electron chi connectivity index (χ1n) is 18.2. The van der Waals surface area contributed by atoms with Gasteiger partial charge in [0.25, 0.3) is 0 Å². The van der Waals surface area contributed by atoms with Gasteiger partial charge < -0.3 is 14.6 Å². The molecule has 0 saturated heterocycles. The number of esters is 2. The first-order valence-corrected chi connectivity index (χ1v) is 18.2. The molecule has 0 bridgehead atoms. The maximum Gasteiger partial charge on any atom is 0.306 e. The topological polar surface area (TPSA) is 72.8 Å². The van der Waals surface area contributed by atoms with E-state index in [4.69, 9.17) is 9.47 Å². The first-order chi connectivity index (χ1) is 20.6. The molecule has 42 heavy (non-hydrogen) atoms. The highest BCUT2D eigenvalue weighted by Gasteiger charge is 2.16. The van der Waals surface area contributed by atoms with Gasteiger partial charge in [-0.3, -0.25) is 9.59 Å². The van der Waals surface area contributed by atoms with E-state index < -0.39 is 6.10 Å². The van der Waals surface area contributed by atoms with Crippen molar-refractivity contribution < 1.29 is 24.2 Å². The summed E-state index contributed by atoms with van der Waals surface area (Å²) in [6.07, 6.45) is 36.9. The van der Waals surface area contributed by atoms with Crippen LogP contribution in [0.1, 0.15) is 194 Å². The van der Waals surface area contributed by atoms with Crippen LogP contribution in [0.2, 0.25) is 0 Å². The van der Waals surface area contributed by atoms with Crippen LogP contribution in [-0.4, -0.2) is 36.4 Å². The Morgan fingerprint density at radius 1 is 0.524 bits per heavy atom. The summed E-state index contributed by atoms with van der Waals surface area (Å²) in [5, 5.41) is 9.51. The lowest BCUT2D eigenvalue weighted by atomic mass is 10.1. The van der Waals surface area contributed by atoms with Crippen LogP contribution < -0.4 is 0 Å². The molecule has 0 aromatic carbocycles. The number of rotatable bonds is 33. The highest BCUT2D eigenvalue weighted by Crippen LogP contribution is 2.14. The maximum absolute atomic E-state index is 12.1. The molecule has 0 spiro atoms. The molecule has 248 valence electrons. The number of ether oxygens (including phenoxy) is 2. The van der Waals surface area contributed by atoms with E-state index in [1.165, 1.54) is 128 Å². The van der Waals surface area contributed by atoms with Crippen LogP contribution in [0, 0.1) is 0 Å². The smallest absolute Gasteiger partial charge is 0.306 e. The number of aliphatic hydroxyl groups is 1. The van der Waals surface area contributed by atoms with Crippen molar-refractivity contribution >= 4 is 11.9 Å². The Morgan fingerprint density at radius 2 is 0.881 bits per heavy atom. The Balaban J connectivity index is 3.54. The molecule has 0 heterocycles. The summed E-state index contributed by atoms with van der Waals surface area (Å²) < 4.78 is 10.6. The minimum absolute atomic E-state index is 0.0622. The monoisotopic (exact) mass is 595 g/mol. The summed E-state index contributed by atoms with van der Waals surface area (Å²) in [6.45, 7) is 4.12. The van der Waals surface area contributed by atoms with Crippen molar-refractivity contribution in [3.05, 3.63) is 12.2 Å². The standard InChI is InChI=1S/C37H70O5/c1-3-5-7-9-11-13-15-16-17-18-19-20-22-24-26-28-30-32-37(40)42-35(33-38)34-41-36(39)31-29-27-25-23-21-14-12-10-8-6-4-2/h16-17,35,38H,3-15,18-34H2,1-2H3/b17-16+/t35-/m0/s1. The number of carbonyl (C=O) groups is 2. The van der Waals surface area contributed by atoms with Crippen LogP contribution in [0.5, 0.6) is 0 Å². The van der Waals surface area contributed by atoms with E-state index in [-0.39, 0.29) is 25.2 Å². The van der Waals surface area contributed by atoms with Crippen LogP contribution in [0.15, 0.2) is 12.2 Å². The van der Waals surface area contributed by atoms with E-state index in [1.54, 1.807) is 0 Å². The zero-order valence-corrected chi connectivity index (χ0v) is 28.0. The third-order valence-corrected chi connectivity index (χ3v) is 8.06. The summed E-state index contributed by atoms with van der Waals surface area (Å²) in [5.74, 6) is -0.590. The Labute approximate surface area is 261 Å². The largest absolute Gasteiger partial charge is 0.462 e. The number of allylic oxidation sites excluding steroid dienone is 2. The van der Waals surface area contributed by atoms with Gasteiger partial charge >= 0.3 is 11.9 Å². The van der Waals surface area contributed by atoms with Crippen molar-refractivity contribution in [1.82, 2.24) is 0 Å². The molecule has 0 aliphatic rings. The van der Waals surface area contributed by atoms with Crippen LogP contribution in [0.3, 0.4) is 0 Å².